The lowest BCUT2D eigenvalue weighted by atomic mass is 10.2. The van der Waals surface area contributed by atoms with Crippen LogP contribution >= 0.6 is 11.6 Å². The number of nitrogens with one attached hydrogen (secondary N) is 2. The molecule has 2 rings (SSSR count). The molecular formula is C20H25ClN4O4. The van der Waals surface area contributed by atoms with Crippen molar-refractivity contribution in [2.24, 2.45) is 0 Å². The van der Waals surface area contributed by atoms with Crippen LogP contribution in [-0.4, -0.2) is 40.2 Å². The summed E-state index contributed by atoms with van der Waals surface area (Å²) in [4.78, 5) is 32.7. The first kappa shape index (κ1) is 22.4. The number of amides is 1. The van der Waals surface area contributed by atoms with Gasteiger partial charge in [0.2, 0.25) is 0 Å². The number of aromatic nitrogens is 2. The van der Waals surface area contributed by atoms with Crippen LogP contribution in [0.1, 0.15) is 31.9 Å². The second-order valence-electron chi connectivity index (χ2n) is 7.31. The minimum atomic E-state index is -0.995. The maximum atomic E-state index is 12.6. The smallest absolute Gasteiger partial charge is 0.408 e. The number of hydrogen-bond donors (Lipinski definition) is 2. The van der Waals surface area contributed by atoms with Gasteiger partial charge < -0.3 is 20.1 Å². The summed E-state index contributed by atoms with van der Waals surface area (Å²) >= 11 is 5.99. The summed E-state index contributed by atoms with van der Waals surface area (Å²) in [6.07, 6.45) is 0.575. The first-order chi connectivity index (χ1) is 13.7. The van der Waals surface area contributed by atoms with E-state index in [2.05, 4.69) is 20.6 Å². The van der Waals surface area contributed by atoms with Gasteiger partial charge in [-0.05, 0) is 33.3 Å². The summed E-state index contributed by atoms with van der Waals surface area (Å²) < 4.78 is 10.6. The Balaban J connectivity index is 2.02. The summed E-state index contributed by atoms with van der Waals surface area (Å²) in [5.41, 5.74) is 0.753. The Morgan fingerprint density at radius 2 is 1.86 bits per heavy atom. The first-order valence-corrected chi connectivity index (χ1v) is 9.44. The van der Waals surface area contributed by atoms with Crippen LogP contribution in [0.5, 0.6) is 0 Å². The first-order valence-electron chi connectivity index (χ1n) is 9.07. The molecule has 0 saturated carbocycles. The van der Waals surface area contributed by atoms with Crippen molar-refractivity contribution < 1.29 is 19.1 Å². The van der Waals surface area contributed by atoms with Gasteiger partial charge in [-0.15, -0.1) is 0 Å². The quantitative estimate of drug-likeness (QED) is 0.522. The van der Waals surface area contributed by atoms with Crippen molar-refractivity contribution in [1.29, 1.82) is 0 Å². The molecule has 1 unspecified atom stereocenters. The Hall–Kier alpha value is -2.87. The van der Waals surface area contributed by atoms with E-state index in [0.717, 1.165) is 5.56 Å². The number of rotatable bonds is 7. The highest BCUT2D eigenvalue weighted by molar-refractivity contribution is 6.30. The lowest BCUT2D eigenvalue weighted by Crippen LogP contribution is -2.48. The summed E-state index contributed by atoms with van der Waals surface area (Å²) in [6.45, 7) is 7.10. The second kappa shape index (κ2) is 10.1. The van der Waals surface area contributed by atoms with Crippen molar-refractivity contribution in [3.63, 3.8) is 0 Å². The van der Waals surface area contributed by atoms with Gasteiger partial charge in [-0.1, -0.05) is 41.9 Å². The molecule has 0 bridgehead atoms. The maximum Gasteiger partial charge on any atom is 0.408 e. The Morgan fingerprint density at radius 1 is 1.17 bits per heavy atom. The molecule has 0 aliphatic heterocycles. The van der Waals surface area contributed by atoms with Gasteiger partial charge in [-0.2, -0.15) is 0 Å². The fourth-order valence-electron chi connectivity index (χ4n) is 2.28. The van der Waals surface area contributed by atoms with Gasteiger partial charge >= 0.3 is 12.1 Å². The van der Waals surface area contributed by atoms with E-state index in [1.807, 2.05) is 30.3 Å². The molecule has 8 nitrogen and oxygen atoms in total. The molecular weight excluding hydrogens is 396 g/mol. The molecule has 9 heteroatoms. The summed E-state index contributed by atoms with van der Waals surface area (Å²) in [5, 5.41) is 5.83. The van der Waals surface area contributed by atoms with Crippen LogP contribution in [0.4, 0.5) is 10.6 Å². The molecule has 0 aliphatic carbocycles. The predicted molar refractivity (Wildman–Crippen MR) is 110 cm³/mol. The fourth-order valence-corrected chi connectivity index (χ4v) is 2.41. The van der Waals surface area contributed by atoms with Crippen LogP contribution < -0.4 is 10.6 Å². The number of esters is 1. The number of anilines is 1. The Kier molecular flexibility index (Phi) is 7.78. The van der Waals surface area contributed by atoms with Gasteiger partial charge in [0, 0.05) is 12.1 Å². The Labute approximate surface area is 175 Å². The highest BCUT2D eigenvalue weighted by atomic mass is 35.5. The Bertz CT molecular complexity index is 840. The predicted octanol–water partition coefficient (Wildman–Crippen LogP) is 3.49. The number of carbonyl (C=O) groups is 2. The van der Waals surface area contributed by atoms with Gasteiger partial charge in [-0.25, -0.2) is 19.6 Å². The van der Waals surface area contributed by atoms with E-state index in [9.17, 15) is 9.59 Å². The maximum absolute atomic E-state index is 12.6. The number of nitrogens with zero attached hydrogens (tertiary/aromatic N) is 2. The topological polar surface area (TPSA) is 102 Å². The molecule has 2 aromatic rings. The monoisotopic (exact) mass is 420 g/mol. The van der Waals surface area contributed by atoms with Gasteiger partial charge in [-0.3, -0.25) is 0 Å². The number of alkyl carbamates (subject to hydrolysis) is 1. The summed E-state index contributed by atoms with van der Waals surface area (Å²) in [7, 11) is 0. The Morgan fingerprint density at radius 3 is 2.52 bits per heavy atom. The number of halogens is 1. The average Bonchev–Trinajstić information content (AvgIpc) is 2.66. The zero-order chi connectivity index (χ0) is 21.4. The standard InChI is InChI=1S/C20H25ClN4O4/c1-13-16(21)23-12-24-17(13)22-10-15(18(26)29-20(2,3)4)25-19(27)28-11-14-8-6-5-7-9-14/h5-9,12,15H,10-11H2,1-4H3,(H,25,27)(H,22,23,24). The van der Waals surface area contributed by atoms with Crippen LogP contribution in [0.15, 0.2) is 36.7 Å². The third-order valence-corrected chi connectivity index (χ3v) is 4.07. The van der Waals surface area contributed by atoms with Gasteiger partial charge in [0.15, 0.2) is 0 Å². The van der Waals surface area contributed by atoms with E-state index >= 15 is 0 Å². The number of hydrogen-bond acceptors (Lipinski definition) is 7. The van der Waals surface area contributed by atoms with E-state index in [1.54, 1.807) is 27.7 Å². The second-order valence-corrected chi connectivity index (χ2v) is 7.67. The summed E-state index contributed by atoms with van der Waals surface area (Å²) in [5.74, 6) is -0.141. The molecule has 1 atom stereocenters. The van der Waals surface area contributed by atoms with Crippen LogP contribution in [-0.2, 0) is 20.9 Å². The number of benzene rings is 1. The normalized spacial score (nSPS) is 12.0. The molecule has 0 radical (unpaired) electrons. The van der Waals surface area contributed by atoms with Crippen LogP contribution in [0.3, 0.4) is 0 Å². The van der Waals surface area contributed by atoms with E-state index in [4.69, 9.17) is 21.1 Å². The zero-order valence-corrected chi connectivity index (χ0v) is 17.6. The van der Waals surface area contributed by atoms with Crippen LogP contribution in [0.2, 0.25) is 5.15 Å². The molecule has 1 amide bonds. The van der Waals surface area contributed by atoms with Crippen molar-refractivity contribution in [1.82, 2.24) is 15.3 Å². The molecule has 0 aliphatic rings. The third-order valence-electron chi connectivity index (χ3n) is 3.69. The molecule has 0 spiro atoms. The minimum absolute atomic E-state index is 0.0313. The van der Waals surface area contributed by atoms with E-state index < -0.39 is 23.7 Å². The van der Waals surface area contributed by atoms with Gasteiger partial charge in [0.25, 0.3) is 0 Å². The average molecular weight is 421 g/mol. The fraction of sp³-hybridized carbons (Fsp3) is 0.400. The highest BCUT2D eigenvalue weighted by Crippen LogP contribution is 2.18. The van der Waals surface area contributed by atoms with Crippen molar-refractivity contribution >= 4 is 29.5 Å². The number of ether oxygens (including phenoxy) is 2. The van der Waals surface area contributed by atoms with Gasteiger partial charge in [0.1, 0.15) is 35.5 Å². The largest absolute Gasteiger partial charge is 0.458 e. The van der Waals surface area contributed by atoms with E-state index in [1.165, 1.54) is 6.33 Å². The summed E-state index contributed by atoms with van der Waals surface area (Å²) in [6, 6.07) is 8.24. The lowest BCUT2D eigenvalue weighted by molar-refractivity contribution is -0.156. The van der Waals surface area contributed by atoms with E-state index in [-0.39, 0.29) is 13.2 Å². The van der Waals surface area contributed by atoms with E-state index in [0.29, 0.717) is 16.5 Å². The third kappa shape index (κ3) is 7.57. The number of carbonyl (C=O) groups excluding carboxylic acids is 2. The minimum Gasteiger partial charge on any atom is -0.458 e. The molecule has 0 saturated heterocycles. The SMILES string of the molecule is Cc1c(Cl)ncnc1NCC(NC(=O)OCc1ccccc1)C(=O)OC(C)(C)C. The zero-order valence-electron chi connectivity index (χ0n) is 16.9. The molecule has 2 N–H and O–H groups in total. The van der Waals surface area contributed by atoms with Crippen molar-refractivity contribution in [2.75, 3.05) is 11.9 Å². The van der Waals surface area contributed by atoms with Crippen molar-refractivity contribution in [2.45, 2.75) is 45.9 Å². The molecule has 0 fully saturated rings. The molecule has 29 heavy (non-hydrogen) atoms. The molecule has 1 aromatic carbocycles. The molecule has 1 aromatic heterocycles. The van der Waals surface area contributed by atoms with Gasteiger partial charge in [0.05, 0.1) is 0 Å². The van der Waals surface area contributed by atoms with Crippen LogP contribution in [0.25, 0.3) is 0 Å². The molecule has 156 valence electrons. The van der Waals surface area contributed by atoms with Crippen molar-refractivity contribution in [3.05, 3.63) is 52.9 Å². The lowest BCUT2D eigenvalue weighted by Gasteiger charge is -2.25. The highest BCUT2D eigenvalue weighted by Gasteiger charge is 2.27. The van der Waals surface area contributed by atoms with Crippen molar-refractivity contribution in [3.8, 4) is 0 Å². The molecule has 1 heterocycles. The van der Waals surface area contributed by atoms with Crippen LogP contribution in [0, 0.1) is 6.92 Å².